The number of fused-ring (bicyclic) bond motifs is 1. The number of anilines is 3. The maximum absolute atomic E-state index is 14.5. The molecule has 2 N–H and O–H groups in total. The van der Waals surface area contributed by atoms with E-state index in [1.165, 1.54) is 18.2 Å². The number of carbonyl (C=O) groups excluding carboxylic acids is 1. The number of hydrogen-bond donors (Lipinski definition) is 2. The van der Waals surface area contributed by atoms with Gasteiger partial charge in [-0.2, -0.15) is 4.68 Å². The van der Waals surface area contributed by atoms with Crippen molar-refractivity contribution in [2.75, 3.05) is 23.3 Å². The number of ether oxygens (including phenoxy) is 1. The fourth-order valence-electron chi connectivity index (χ4n) is 5.41. The molecule has 1 aliphatic carbocycles. The van der Waals surface area contributed by atoms with E-state index in [0.29, 0.717) is 35.8 Å². The van der Waals surface area contributed by atoms with E-state index in [2.05, 4.69) is 25.2 Å². The van der Waals surface area contributed by atoms with Gasteiger partial charge in [0.15, 0.2) is 17.5 Å². The van der Waals surface area contributed by atoms with Crippen LogP contribution in [0.3, 0.4) is 0 Å². The largest absolute Gasteiger partial charge is 0.444 e. The van der Waals surface area contributed by atoms with Crippen molar-refractivity contribution < 1.29 is 18.3 Å². The minimum Gasteiger partial charge on any atom is -0.444 e. The fraction of sp³-hybridized carbons (Fsp3) is 0.400. The molecule has 0 spiro atoms. The van der Waals surface area contributed by atoms with Gasteiger partial charge in [-0.25, -0.2) is 18.6 Å². The number of amides is 1. The number of benzene rings is 2. The van der Waals surface area contributed by atoms with Crippen LogP contribution in [0.2, 0.25) is 0 Å². The number of hydrogen-bond acceptors (Lipinski definition) is 7. The highest BCUT2D eigenvalue weighted by Crippen LogP contribution is 2.43. The number of halogens is 2. The number of aryl methyl sites for hydroxylation is 1. The molecule has 220 valence electrons. The standard InChI is InChI=1S/C30H33F2N7O3/c1-30(2,3)42-29(41)33-18-14-15-38(16-18)27-21(10-11-22-25(27)35-28(37(22)4)17-8-9-17)34-23-12-13-24(40)39(36-23)26-19(31)6-5-7-20(26)32/h5-7,10-13,17-18H,8-9,14-16H2,1-4H3,(H,33,41)(H,34,36)/t18-/m0/s1. The molecular weight excluding hydrogens is 544 g/mol. The Balaban J connectivity index is 1.37. The van der Waals surface area contributed by atoms with Crippen LogP contribution in [0, 0.1) is 11.6 Å². The number of rotatable bonds is 6. The van der Waals surface area contributed by atoms with E-state index in [0.717, 1.165) is 47.5 Å². The van der Waals surface area contributed by atoms with Crippen LogP contribution in [-0.2, 0) is 11.8 Å². The van der Waals surface area contributed by atoms with Gasteiger partial charge in [-0.3, -0.25) is 4.79 Å². The van der Waals surface area contributed by atoms with E-state index in [1.807, 2.05) is 40.0 Å². The Morgan fingerprint density at radius 2 is 1.76 bits per heavy atom. The van der Waals surface area contributed by atoms with Crippen molar-refractivity contribution in [1.82, 2.24) is 24.6 Å². The molecule has 1 aliphatic heterocycles. The molecule has 0 radical (unpaired) electrons. The predicted molar refractivity (Wildman–Crippen MR) is 156 cm³/mol. The van der Waals surface area contributed by atoms with Crippen LogP contribution < -0.4 is 21.1 Å². The fourth-order valence-corrected chi connectivity index (χ4v) is 5.41. The lowest BCUT2D eigenvalue weighted by atomic mass is 10.2. The second-order valence-corrected chi connectivity index (χ2v) is 11.9. The molecule has 4 aromatic rings. The van der Waals surface area contributed by atoms with E-state index >= 15 is 0 Å². The monoisotopic (exact) mass is 577 g/mol. The summed E-state index contributed by atoms with van der Waals surface area (Å²) < 4.78 is 37.3. The number of nitrogens with one attached hydrogen (secondary N) is 2. The summed E-state index contributed by atoms with van der Waals surface area (Å²) in [6.07, 6.45) is 2.43. The Labute approximate surface area is 241 Å². The highest BCUT2D eigenvalue weighted by molar-refractivity contribution is 5.98. The molecule has 2 fully saturated rings. The molecule has 12 heteroatoms. The van der Waals surface area contributed by atoms with Crippen molar-refractivity contribution in [1.29, 1.82) is 0 Å². The SMILES string of the molecule is Cn1c(C2CC2)nc2c(N3CC[C@H](NC(=O)OC(C)(C)C)C3)c(Nc3ccc(=O)n(-c4c(F)cccc4F)n3)ccc21. The summed E-state index contributed by atoms with van der Waals surface area (Å²) >= 11 is 0. The first-order chi connectivity index (χ1) is 20.0. The third-order valence-corrected chi connectivity index (χ3v) is 7.44. The van der Waals surface area contributed by atoms with Crippen molar-refractivity contribution in [3.63, 3.8) is 0 Å². The van der Waals surface area contributed by atoms with Gasteiger partial charge in [0, 0.05) is 32.1 Å². The van der Waals surface area contributed by atoms with Gasteiger partial charge in [0.1, 0.15) is 22.6 Å². The molecule has 2 aliphatic rings. The van der Waals surface area contributed by atoms with Gasteiger partial charge < -0.3 is 24.8 Å². The summed E-state index contributed by atoms with van der Waals surface area (Å²) in [5.41, 5.74) is 1.43. The first-order valence-corrected chi connectivity index (χ1v) is 14.0. The second kappa shape index (κ2) is 10.4. The maximum atomic E-state index is 14.5. The second-order valence-electron chi connectivity index (χ2n) is 11.9. The van der Waals surface area contributed by atoms with Crippen molar-refractivity contribution in [3.8, 4) is 5.69 Å². The highest BCUT2D eigenvalue weighted by Gasteiger charge is 2.33. The average Bonchev–Trinajstić information content (AvgIpc) is 3.56. The average molecular weight is 578 g/mol. The molecular formula is C30H33F2N7O3. The molecule has 6 rings (SSSR count). The Hall–Kier alpha value is -4.48. The molecule has 3 heterocycles. The number of nitrogens with zero attached hydrogens (tertiary/aromatic N) is 5. The van der Waals surface area contributed by atoms with Gasteiger partial charge in [-0.15, -0.1) is 5.10 Å². The molecule has 0 bridgehead atoms. The van der Waals surface area contributed by atoms with Crippen LogP contribution in [0.15, 0.2) is 47.3 Å². The zero-order chi connectivity index (χ0) is 29.8. The molecule has 42 heavy (non-hydrogen) atoms. The predicted octanol–water partition coefficient (Wildman–Crippen LogP) is 5.12. The summed E-state index contributed by atoms with van der Waals surface area (Å²) in [5.74, 6) is -0.129. The first-order valence-electron chi connectivity index (χ1n) is 14.0. The topological polar surface area (TPSA) is 106 Å². The molecule has 1 amide bonds. The van der Waals surface area contributed by atoms with Gasteiger partial charge in [0.2, 0.25) is 0 Å². The smallest absolute Gasteiger partial charge is 0.407 e. The van der Waals surface area contributed by atoms with Crippen LogP contribution >= 0.6 is 0 Å². The Morgan fingerprint density at radius 3 is 2.45 bits per heavy atom. The van der Waals surface area contributed by atoms with E-state index in [-0.39, 0.29) is 11.9 Å². The third kappa shape index (κ3) is 5.40. The summed E-state index contributed by atoms with van der Waals surface area (Å²) in [7, 11) is 2.01. The first kappa shape index (κ1) is 27.7. The summed E-state index contributed by atoms with van der Waals surface area (Å²) in [4.78, 5) is 32.2. The minimum absolute atomic E-state index is 0.140. The lowest BCUT2D eigenvalue weighted by Gasteiger charge is -2.24. The Morgan fingerprint density at radius 1 is 1.02 bits per heavy atom. The summed E-state index contributed by atoms with van der Waals surface area (Å²) in [6, 6.07) is 9.80. The van der Waals surface area contributed by atoms with Crippen molar-refractivity contribution in [3.05, 3.63) is 70.3 Å². The molecule has 10 nitrogen and oxygen atoms in total. The van der Waals surface area contributed by atoms with Crippen molar-refractivity contribution in [2.24, 2.45) is 7.05 Å². The summed E-state index contributed by atoms with van der Waals surface area (Å²) in [6.45, 7) is 6.64. The van der Waals surface area contributed by atoms with Crippen LogP contribution in [0.1, 0.15) is 51.8 Å². The van der Waals surface area contributed by atoms with E-state index in [1.54, 1.807) is 0 Å². The minimum atomic E-state index is -0.898. The van der Waals surface area contributed by atoms with Gasteiger partial charge in [0.25, 0.3) is 5.56 Å². The number of alkyl carbamates (subject to hydrolysis) is 1. The zero-order valence-electron chi connectivity index (χ0n) is 23.9. The van der Waals surface area contributed by atoms with Gasteiger partial charge in [-0.05, 0) is 70.4 Å². The lowest BCUT2D eigenvalue weighted by Crippen LogP contribution is -2.40. The molecule has 2 aromatic carbocycles. The number of carbonyl (C=O) groups is 1. The highest BCUT2D eigenvalue weighted by atomic mass is 19.1. The molecule has 1 saturated heterocycles. The molecule has 1 atom stereocenters. The van der Waals surface area contributed by atoms with Crippen LogP contribution in [0.25, 0.3) is 16.7 Å². The number of aromatic nitrogens is 4. The van der Waals surface area contributed by atoms with Gasteiger partial charge in [-0.1, -0.05) is 6.07 Å². The van der Waals surface area contributed by atoms with Crippen molar-refractivity contribution >= 4 is 34.3 Å². The summed E-state index contributed by atoms with van der Waals surface area (Å²) in [5, 5.41) is 10.5. The van der Waals surface area contributed by atoms with Gasteiger partial charge in [0.05, 0.1) is 22.9 Å². The molecule has 1 saturated carbocycles. The van der Waals surface area contributed by atoms with Gasteiger partial charge >= 0.3 is 6.09 Å². The molecule has 2 aromatic heterocycles. The van der Waals surface area contributed by atoms with E-state index in [4.69, 9.17) is 9.72 Å². The Kier molecular flexibility index (Phi) is 6.86. The zero-order valence-corrected chi connectivity index (χ0v) is 23.9. The lowest BCUT2D eigenvalue weighted by molar-refractivity contribution is 0.0509. The van der Waals surface area contributed by atoms with E-state index in [9.17, 15) is 18.4 Å². The third-order valence-electron chi connectivity index (χ3n) is 7.44. The number of imidazole rings is 1. The normalized spacial score (nSPS) is 17.1. The number of para-hydroxylation sites is 1. The molecule has 0 unspecified atom stereocenters. The van der Waals surface area contributed by atoms with Crippen molar-refractivity contribution in [2.45, 2.75) is 57.6 Å². The quantitative estimate of drug-likeness (QED) is 0.328. The Bertz CT molecular complexity index is 1720. The maximum Gasteiger partial charge on any atom is 0.407 e. The van der Waals surface area contributed by atoms with E-state index < -0.39 is 34.6 Å². The van der Waals surface area contributed by atoms with Crippen LogP contribution in [-0.4, -0.2) is 50.2 Å². The van der Waals surface area contributed by atoms with Crippen LogP contribution in [0.4, 0.5) is 30.8 Å². The van der Waals surface area contributed by atoms with Crippen LogP contribution in [0.5, 0.6) is 0 Å².